The highest BCUT2D eigenvalue weighted by Crippen LogP contribution is 2.11. The highest BCUT2D eigenvalue weighted by molar-refractivity contribution is 7.93. The third-order valence-corrected chi connectivity index (χ3v) is 2.94. The molecular formula is C7H7ClFNO2S. The van der Waals surface area contributed by atoms with Crippen molar-refractivity contribution in [3.05, 3.63) is 30.1 Å². The number of alkyl halides is 1. The molecule has 1 aromatic rings. The Balaban J connectivity index is 2.87. The van der Waals surface area contributed by atoms with E-state index in [0.29, 0.717) is 0 Å². The van der Waals surface area contributed by atoms with Gasteiger partial charge in [0.1, 0.15) is 11.0 Å². The van der Waals surface area contributed by atoms with Crippen molar-refractivity contribution < 1.29 is 12.8 Å². The van der Waals surface area contributed by atoms with E-state index in [0.717, 1.165) is 6.07 Å². The topological polar surface area (TPSA) is 46.2 Å². The Kier molecular flexibility index (Phi) is 3.11. The van der Waals surface area contributed by atoms with Gasteiger partial charge in [0.15, 0.2) is 0 Å². The second-order valence-corrected chi connectivity index (χ2v) is 4.64. The first-order chi connectivity index (χ1) is 6.03. The van der Waals surface area contributed by atoms with Gasteiger partial charge in [-0.2, -0.15) is 0 Å². The largest absolute Gasteiger partial charge is 0.282 e. The standard InChI is InChI=1S/C7H7ClFNO2S/c8-5-13(11,12)10-7-3-1-2-6(9)4-7/h1-4,10H,5H2. The minimum atomic E-state index is -3.54. The third kappa shape index (κ3) is 3.20. The minimum absolute atomic E-state index is 0.167. The second kappa shape index (κ2) is 3.93. The molecule has 0 fully saturated rings. The number of hydrogen-bond acceptors (Lipinski definition) is 2. The lowest BCUT2D eigenvalue weighted by atomic mass is 10.3. The Morgan fingerprint density at radius 3 is 2.69 bits per heavy atom. The van der Waals surface area contributed by atoms with E-state index in [2.05, 4.69) is 4.72 Å². The highest BCUT2D eigenvalue weighted by atomic mass is 35.5. The van der Waals surface area contributed by atoms with E-state index in [4.69, 9.17) is 11.6 Å². The fraction of sp³-hybridized carbons (Fsp3) is 0.143. The lowest BCUT2D eigenvalue weighted by Gasteiger charge is -2.03. The monoisotopic (exact) mass is 223 g/mol. The third-order valence-electron chi connectivity index (χ3n) is 1.24. The molecule has 0 saturated heterocycles. The van der Waals surface area contributed by atoms with Crippen molar-refractivity contribution in [2.45, 2.75) is 0 Å². The van der Waals surface area contributed by atoms with E-state index in [1.807, 2.05) is 0 Å². The van der Waals surface area contributed by atoms with E-state index in [9.17, 15) is 12.8 Å². The van der Waals surface area contributed by atoms with Crippen molar-refractivity contribution in [1.82, 2.24) is 0 Å². The van der Waals surface area contributed by atoms with Crippen LogP contribution in [0.15, 0.2) is 24.3 Å². The maximum absolute atomic E-state index is 12.6. The van der Waals surface area contributed by atoms with Crippen LogP contribution in [0.2, 0.25) is 0 Å². The van der Waals surface area contributed by atoms with E-state index < -0.39 is 21.1 Å². The summed E-state index contributed by atoms with van der Waals surface area (Å²) < 4.78 is 36.5. The van der Waals surface area contributed by atoms with E-state index in [1.165, 1.54) is 18.2 Å². The lowest BCUT2D eigenvalue weighted by Crippen LogP contribution is -2.13. The number of hydrogen-bond donors (Lipinski definition) is 1. The number of benzene rings is 1. The molecule has 72 valence electrons. The molecule has 0 aliphatic heterocycles. The highest BCUT2D eigenvalue weighted by Gasteiger charge is 2.07. The molecule has 0 unspecified atom stereocenters. The van der Waals surface area contributed by atoms with E-state index in [1.54, 1.807) is 0 Å². The van der Waals surface area contributed by atoms with Gasteiger partial charge in [0.05, 0.1) is 5.69 Å². The molecule has 6 heteroatoms. The van der Waals surface area contributed by atoms with Crippen LogP contribution < -0.4 is 4.72 Å². The van der Waals surface area contributed by atoms with Gasteiger partial charge >= 0.3 is 0 Å². The molecule has 0 aliphatic rings. The van der Waals surface area contributed by atoms with Gasteiger partial charge in [-0.15, -0.1) is 11.6 Å². The van der Waals surface area contributed by atoms with Crippen molar-refractivity contribution in [2.75, 3.05) is 9.93 Å². The molecule has 0 heterocycles. The first kappa shape index (κ1) is 10.3. The molecule has 0 aromatic heterocycles. The summed E-state index contributed by atoms with van der Waals surface area (Å²) >= 11 is 5.14. The molecule has 1 rings (SSSR count). The predicted molar refractivity (Wildman–Crippen MR) is 49.7 cm³/mol. The summed E-state index contributed by atoms with van der Waals surface area (Å²) in [5, 5.41) is -0.552. The number of anilines is 1. The zero-order valence-electron chi connectivity index (χ0n) is 6.50. The van der Waals surface area contributed by atoms with Gasteiger partial charge in [0.2, 0.25) is 10.0 Å². The first-order valence-electron chi connectivity index (χ1n) is 3.35. The Bertz CT molecular complexity index is 393. The number of nitrogens with one attached hydrogen (secondary N) is 1. The summed E-state index contributed by atoms with van der Waals surface area (Å²) in [6, 6.07) is 5.14. The van der Waals surface area contributed by atoms with Crippen LogP contribution in [0.5, 0.6) is 0 Å². The Hall–Kier alpha value is -0.810. The maximum Gasteiger partial charge on any atom is 0.246 e. The van der Waals surface area contributed by atoms with Crippen LogP contribution in [0.4, 0.5) is 10.1 Å². The van der Waals surface area contributed by atoms with Crippen LogP contribution in [-0.2, 0) is 10.0 Å². The molecule has 1 N–H and O–H groups in total. The summed E-state index contributed by atoms with van der Waals surface area (Å²) in [5.74, 6) is -0.505. The Morgan fingerprint density at radius 1 is 1.46 bits per heavy atom. The maximum atomic E-state index is 12.6. The van der Waals surface area contributed by atoms with Crippen molar-refractivity contribution >= 4 is 27.3 Å². The smallest absolute Gasteiger partial charge is 0.246 e. The molecule has 0 atom stereocenters. The van der Waals surface area contributed by atoms with Crippen molar-refractivity contribution in [3.63, 3.8) is 0 Å². The van der Waals surface area contributed by atoms with Gasteiger partial charge < -0.3 is 0 Å². The second-order valence-electron chi connectivity index (χ2n) is 2.34. The molecular weight excluding hydrogens is 217 g/mol. The fourth-order valence-electron chi connectivity index (χ4n) is 0.759. The van der Waals surface area contributed by atoms with Crippen LogP contribution in [0, 0.1) is 5.82 Å². The quantitative estimate of drug-likeness (QED) is 0.794. The van der Waals surface area contributed by atoms with Gasteiger partial charge in [-0.25, -0.2) is 12.8 Å². The van der Waals surface area contributed by atoms with Crippen LogP contribution in [-0.4, -0.2) is 13.6 Å². The summed E-state index contributed by atoms with van der Waals surface area (Å²) in [7, 11) is -3.54. The van der Waals surface area contributed by atoms with Gasteiger partial charge in [0.25, 0.3) is 0 Å². The number of rotatable bonds is 3. The average molecular weight is 224 g/mol. The zero-order valence-corrected chi connectivity index (χ0v) is 8.07. The molecule has 0 spiro atoms. The summed E-state index contributed by atoms with van der Waals surface area (Å²) in [5.41, 5.74) is 0.167. The molecule has 0 radical (unpaired) electrons. The van der Waals surface area contributed by atoms with Crippen LogP contribution in [0.3, 0.4) is 0 Å². The predicted octanol–water partition coefficient (Wildman–Crippen LogP) is 1.76. The molecule has 13 heavy (non-hydrogen) atoms. The van der Waals surface area contributed by atoms with Gasteiger partial charge in [-0.3, -0.25) is 4.72 Å². The van der Waals surface area contributed by atoms with Gasteiger partial charge in [0, 0.05) is 0 Å². The van der Waals surface area contributed by atoms with Gasteiger partial charge in [-0.05, 0) is 18.2 Å². The lowest BCUT2D eigenvalue weighted by molar-refractivity contribution is 0.605. The average Bonchev–Trinajstić information content (AvgIpc) is 2.03. The zero-order chi connectivity index (χ0) is 9.90. The number of sulfonamides is 1. The minimum Gasteiger partial charge on any atom is -0.282 e. The van der Waals surface area contributed by atoms with Crippen molar-refractivity contribution in [3.8, 4) is 0 Å². The summed E-state index contributed by atoms with van der Waals surface area (Å²) in [6.07, 6.45) is 0. The van der Waals surface area contributed by atoms with Crippen LogP contribution >= 0.6 is 11.6 Å². The summed E-state index contributed by atoms with van der Waals surface area (Å²) in [6.45, 7) is 0. The van der Waals surface area contributed by atoms with Crippen molar-refractivity contribution in [2.24, 2.45) is 0 Å². The molecule has 0 aliphatic carbocycles. The normalized spacial score (nSPS) is 11.2. The molecule has 0 amide bonds. The van der Waals surface area contributed by atoms with Crippen LogP contribution in [0.1, 0.15) is 0 Å². The van der Waals surface area contributed by atoms with Crippen molar-refractivity contribution in [1.29, 1.82) is 0 Å². The molecule has 0 bridgehead atoms. The van der Waals surface area contributed by atoms with Crippen LogP contribution in [0.25, 0.3) is 0 Å². The molecule has 3 nitrogen and oxygen atoms in total. The molecule has 0 saturated carbocycles. The Labute approximate surface area is 80.6 Å². The number of halogens is 2. The van der Waals surface area contributed by atoms with E-state index >= 15 is 0 Å². The first-order valence-corrected chi connectivity index (χ1v) is 5.54. The summed E-state index contributed by atoms with van der Waals surface area (Å²) in [4.78, 5) is 0. The van der Waals surface area contributed by atoms with E-state index in [-0.39, 0.29) is 5.69 Å². The Morgan fingerprint density at radius 2 is 2.15 bits per heavy atom. The SMILES string of the molecule is O=S(=O)(CCl)Nc1cccc(F)c1. The molecule has 1 aromatic carbocycles. The van der Waals surface area contributed by atoms with Gasteiger partial charge in [-0.1, -0.05) is 6.07 Å². The fourth-order valence-corrected chi connectivity index (χ4v) is 1.46.